The van der Waals surface area contributed by atoms with Crippen molar-refractivity contribution < 1.29 is 0 Å². The largest absolute Gasteiger partial charge is 0.325 e. The van der Waals surface area contributed by atoms with Crippen molar-refractivity contribution in [1.29, 1.82) is 0 Å². The zero-order valence-corrected chi connectivity index (χ0v) is 10.1. The maximum Gasteiger partial charge on any atom is 0.0262 e. The van der Waals surface area contributed by atoms with Gasteiger partial charge in [-0.2, -0.15) is 0 Å². The predicted octanol–water partition coefficient (Wildman–Crippen LogP) is 1.95. The van der Waals surface area contributed by atoms with Crippen molar-refractivity contribution in [2.45, 2.75) is 49.6 Å². The Kier molecular flexibility index (Phi) is 3.43. The van der Waals surface area contributed by atoms with Crippen LogP contribution < -0.4 is 5.73 Å². The molecule has 3 saturated carbocycles. The van der Waals surface area contributed by atoms with Gasteiger partial charge in [0.25, 0.3) is 0 Å². The highest BCUT2D eigenvalue weighted by molar-refractivity contribution is 5.85. The highest BCUT2D eigenvalue weighted by atomic mass is 35.5. The molecular weight excluding hydrogens is 219 g/mol. The number of nitrogens with zero attached hydrogens (tertiary/aromatic N) is 1. The molecule has 0 aromatic rings. The lowest BCUT2D eigenvalue weighted by Crippen LogP contribution is -2.82. The number of piperidine rings is 1. The minimum Gasteiger partial charge on any atom is -0.325 e. The molecule has 1 aliphatic heterocycles. The zero-order chi connectivity index (χ0) is 8.23. The van der Waals surface area contributed by atoms with Crippen LogP contribution in [0.1, 0.15) is 38.5 Å². The van der Waals surface area contributed by atoms with Crippen LogP contribution in [0.5, 0.6) is 0 Å². The molecule has 2 bridgehead atoms. The third-order valence-corrected chi connectivity index (χ3v) is 4.07. The molecule has 2 N–H and O–H groups in total. The summed E-state index contributed by atoms with van der Waals surface area (Å²) in [5.74, 6) is 0. The van der Waals surface area contributed by atoms with Crippen LogP contribution in [-0.4, -0.2) is 29.1 Å². The first-order chi connectivity index (χ1) is 5.73. The lowest BCUT2D eigenvalue weighted by atomic mass is 9.44. The average molecular weight is 239 g/mol. The van der Waals surface area contributed by atoms with Crippen molar-refractivity contribution in [1.82, 2.24) is 4.90 Å². The Morgan fingerprint density at radius 2 is 1.36 bits per heavy atom. The van der Waals surface area contributed by atoms with Gasteiger partial charge in [0.15, 0.2) is 0 Å². The van der Waals surface area contributed by atoms with E-state index in [-0.39, 0.29) is 30.4 Å². The van der Waals surface area contributed by atoms with E-state index in [0.717, 1.165) is 0 Å². The predicted molar refractivity (Wildman–Crippen MR) is 63.4 cm³/mol. The molecule has 0 spiro atoms. The van der Waals surface area contributed by atoms with Gasteiger partial charge in [-0.05, 0) is 45.2 Å². The van der Waals surface area contributed by atoms with Crippen LogP contribution in [0.4, 0.5) is 0 Å². The van der Waals surface area contributed by atoms with Gasteiger partial charge >= 0.3 is 0 Å². The summed E-state index contributed by atoms with van der Waals surface area (Å²) < 4.78 is 0. The minimum absolute atomic E-state index is 0. The summed E-state index contributed by atoms with van der Waals surface area (Å²) in [6, 6.07) is 0. The molecule has 0 unspecified atom stereocenters. The SMILES string of the molecule is Cl.Cl.NC12CC(N3CCCCC3)(C1)C2. The summed E-state index contributed by atoms with van der Waals surface area (Å²) in [6.45, 7) is 2.69. The second kappa shape index (κ2) is 3.82. The zero-order valence-electron chi connectivity index (χ0n) is 8.50. The molecule has 4 aliphatic rings. The standard InChI is InChI=1S/C10H18N2.2ClH/c11-9-6-10(7-9,8-9)12-4-2-1-3-5-12;;/h1-8,11H2;2*1H. The van der Waals surface area contributed by atoms with Crippen molar-refractivity contribution >= 4 is 24.8 Å². The van der Waals surface area contributed by atoms with E-state index in [9.17, 15) is 0 Å². The first-order valence-electron chi connectivity index (χ1n) is 5.27. The number of hydrogen-bond donors (Lipinski definition) is 1. The topological polar surface area (TPSA) is 29.3 Å². The number of nitrogens with two attached hydrogens (primary N) is 1. The van der Waals surface area contributed by atoms with Gasteiger partial charge in [-0.1, -0.05) is 6.42 Å². The van der Waals surface area contributed by atoms with Crippen LogP contribution in [0.15, 0.2) is 0 Å². The average Bonchev–Trinajstić information content (AvgIpc) is 1.99. The molecule has 1 heterocycles. The smallest absolute Gasteiger partial charge is 0.0262 e. The summed E-state index contributed by atoms with van der Waals surface area (Å²) in [6.07, 6.45) is 8.15. The quantitative estimate of drug-likeness (QED) is 0.757. The molecule has 0 radical (unpaired) electrons. The summed E-state index contributed by atoms with van der Waals surface area (Å²) in [7, 11) is 0. The van der Waals surface area contributed by atoms with E-state index in [2.05, 4.69) is 4.90 Å². The normalized spacial score (nSPS) is 45.2. The van der Waals surface area contributed by atoms with Crippen LogP contribution in [-0.2, 0) is 0 Å². The highest BCUT2D eigenvalue weighted by Gasteiger charge is 2.68. The molecule has 3 aliphatic carbocycles. The van der Waals surface area contributed by atoms with Gasteiger partial charge in [-0.15, -0.1) is 24.8 Å². The van der Waals surface area contributed by atoms with E-state index in [0.29, 0.717) is 5.54 Å². The molecule has 0 amide bonds. The van der Waals surface area contributed by atoms with Crippen molar-refractivity contribution in [2.75, 3.05) is 13.1 Å². The second-order valence-corrected chi connectivity index (χ2v) is 5.16. The number of halogens is 2. The molecule has 0 atom stereocenters. The maximum absolute atomic E-state index is 6.05. The minimum atomic E-state index is 0. The fraction of sp³-hybridized carbons (Fsp3) is 1.00. The Bertz CT molecular complexity index is 194. The summed E-state index contributed by atoms with van der Waals surface area (Å²) in [4.78, 5) is 2.71. The molecular formula is C10H20Cl2N2. The Morgan fingerprint density at radius 3 is 1.79 bits per heavy atom. The summed E-state index contributed by atoms with van der Waals surface area (Å²) in [5, 5.41) is 0. The molecule has 4 rings (SSSR count). The number of rotatable bonds is 1. The molecule has 84 valence electrons. The van der Waals surface area contributed by atoms with E-state index in [4.69, 9.17) is 5.73 Å². The number of likely N-dealkylation sites (tertiary alicyclic amines) is 1. The Balaban J connectivity index is 0.000000490. The molecule has 1 saturated heterocycles. The fourth-order valence-corrected chi connectivity index (χ4v) is 3.51. The van der Waals surface area contributed by atoms with E-state index in [1.807, 2.05) is 0 Å². The van der Waals surface area contributed by atoms with Crippen LogP contribution in [0.3, 0.4) is 0 Å². The third-order valence-electron chi connectivity index (χ3n) is 4.07. The number of hydrogen-bond acceptors (Lipinski definition) is 2. The lowest BCUT2D eigenvalue weighted by molar-refractivity contribution is -0.166. The monoisotopic (exact) mass is 238 g/mol. The Labute approximate surface area is 98.4 Å². The molecule has 2 nitrogen and oxygen atoms in total. The van der Waals surface area contributed by atoms with Gasteiger partial charge < -0.3 is 5.73 Å². The van der Waals surface area contributed by atoms with Gasteiger partial charge in [0.2, 0.25) is 0 Å². The lowest BCUT2D eigenvalue weighted by Gasteiger charge is -2.73. The van der Waals surface area contributed by atoms with E-state index in [1.54, 1.807) is 0 Å². The van der Waals surface area contributed by atoms with Crippen LogP contribution >= 0.6 is 24.8 Å². The first kappa shape index (κ1) is 12.6. The second-order valence-electron chi connectivity index (χ2n) is 5.16. The van der Waals surface area contributed by atoms with Crippen LogP contribution in [0.2, 0.25) is 0 Å². The Morgan fingerprint density at radius 1 is 0.857 bits per heavy atom. The van der Waals surface area contributed by atoms with Crippen molar-refractivity contribution in [2.24, 2.45) is 5.73 Å². The maximum atomic E-state index is 6.05. The van der Waals surface area contributed by atoms with Crippen molar-refractivity contribution in [3.05, 3.63) is 0 Å². The molecule has 0 aromatic carbocycles. The van der Waals surface area contributed by atoms with E-state index in [1.165, 1.54) is 51.6 Å². The molecule has 4 heteroatoms. The van der Waals surface area contributed by atoms with E-state index < -0.39 is 0 Å². The summed E-state index contributed by atoms with van der Waals surface area (Å²) >= 11 is 0. The van der Waals surface area contributed by atoms with E-state index >= 15 is 0 Å². The third kappa shape index (κ3) is 1.57. The fourth-order valence-electron chi connectivity index (χ4n) is 3.51. The van der Waals surface area contributed by atoms with Gasteiger partial charge in [-0.3, -0.25) is 4.90 Å². The van der Waals surface area contributed by atoms with Gasteiger partial charge in [-0.25, -0.2) is 0 Å². The van der Waals surface area contributed by atoms with Gasteiger partial charge in [0.1, 0.15) is 0 Å². The summed E-state index contributed by atoms with van der Waals surface area (Å²) in [5.41, 5.74) is 6.95. The molecule has 4 fully saturated rings. The van der Waals surface area contributed by atoms with Crippen molar-refractivity contribution in [3.8, 4) is 0 Å². The van der Waals surface area contributed by atoms with Crippen molar-refractivity contribution in [3.63, 3.8) is 0 Å². The van der Waals surface area contributed by atoms with Crippen LogP contribution in [0.25, 0.3) is 0 Å². The molecule has 14 heavy (non-hydrogen) atoms. The van der Waals surface area contributed by atoms with Gasteiger partial charge in [0, 0.05) is 11.1 Å². The first-order valence-corrected chi connectivity index (χ1v) is 5.27. The Hall–Kier alpha value is 0.500. The van der Waals surface area contributed by atoms with Gasteiger partial charge in [0.05, 0.1) is 0 Å². The highest BCUT2D eigenvalue weighted by Crippen LogP contribution is 2.62. The van der Waals surface area contributed by atoms with Crippen LogP contribution in [0, 0.1) is 0 Å². The molecule has 0 aromatic heterocycles.